The van der Waals surface area contributed by atoms with Gasteiger partial charge < -0.3 is 14.6 Å². The number of aromatic nitrogens is 1. The monoisotopic (exact) mass is 299 g/mol. The molecule has 7 nitrogen and oxygen atoms in total. The zero-order valence-corrected chi connectivity index (χ0v) is 12.2. The lowest BCUT2D eigenvalue weighted by Gasteiger charge is -2.26. The molecule has 1 aromatic rings. The summed E-state index contributed by atoms with van der Waals surface area (Å²) in [6, 6.07) is 1.54. The van der Waals surface area contributed by atoms with Crippen LogP contribution in [0, 0.1) is 6.92 Å². The average molecular weight is 299 g/mol. The van der Waals surface area contributed by atoms with Crippen molar-refractivity contribution in [2.45, 2.75) is 18.9 Å². The molecule has 2 heterocycles. The Morgan fingerprint density at radius 2 is 2.35 bits per heavy atom. The second kappa shape index (κ2) is 6.27. The molecule has 0 aliphatic carbocycles. The number of rotatable bonds is 4. The second-order valence-corrected chi connectivity index (χ2v) is 5.75. The van der Waals surface area contributed by atoms with Crippen LogP contribution in [0.2, 0.25) is 0 Å². The van der Waals surface area contributed by atoms with Gasteiger partial charge in [0.2, 0.25) is 0 Å². The second-order valence-electron chi connectivity index (χ2n) is 4.65. The highest BCUT2D eigenvalue weighted by molar-refractivity contribution is 7.99. The number of hydrogen-bond acceptors (Lipinski definition) is 6. The minimum Gasteiger partial charge on any atom is -0.376 e. The fourth-order valence-corrected chi connectivity index (χ4v) is 3.28. The smallest absolute Gasteiger partial charge is 0.314 e. The summed E-state index contributed by atoms with van der Waals surface area (Å²) < 4.78 is 10.3. The molecule has 2 amide bonds. The van der Waals surface area contributed by atoms with Crippen LogP contribution in [0.4, 0.5) is 5.82 Å². The van der Waals surface area contributed by atoms with Crippen LogP contribution in [-0.2, 0) is 14.3 Å². The molecule has 2 N–H and O–H groups in total. The molecule has 20 heavy (non-hydrogen) atoms. The molecule has 1 aliphatic rings. The van der Waals surface area contributed by atoms with Gasteiger partial charge in [-0.05, 0) is 19.1 Å². The molecule has 110 valence electrons. The van der Waals surface area contributed by atoms with Crippen LogP contribution in [0.15, 0.2) is 10.6 Å². The molecule has 0 spiro atoms. The highest BCUT2D eigenvalue weighted by Gasteiger charge is 2.35. The largest absolute Gasteiger partial charge is 0.376 e. The molecule has 0 radical (unpaired) electrons. The quantitative estimate of drug-likeness (QED) is 0.789. The Hall–Kier alpha value is -1.54. The number of hydrogen-bond donors (Lipinski definition) is 2. The highest BCUT2D eigenvalue weighted by atomic mass is 32.2. The van der Waals surface area contributed by atoms with Gasteiger partial charge in [-0.2, -0.15) is 11.8 Å². The van der Waals surface area contributed by atoms with Crippen LogP contribution in [0.3, 0.4) is 0 Å². The third-order valence-electron chi connectivity index (χ3n) is 3.15. The van der Waals surface area contributed by atoms with Gasteiger partial charge in [0.05, 0.1) is 5.60 Å². The third-order valence-corrected chi connectivity index (χ3v) is 4.37. The van der Waals surface area contributed by atoms with Crippen molar-refractivity contribution in [2.24, 2.45) is 0 Å². The molecular weight excluding hydrogens is 282 g/mol. The van der Waals surface area contributed by atoms with Gasteiger partial charge in [0.25, 0.3) is 0 Å². The zero-order chi connectivity index (χ0) is 14.6. The summed E-state index contributed by atoms with van der Waals surface area (Å²) in [6.07, 6.45) is 0.860. The molecule has 1 atom stereocenters. The first-order chi connectivity index (χ1) is 9.54. The summed E-state index contributed by atoms with van der Waals surface area (Å²) in [4.78, 5) is 23.4. The maximum Gasteiger partial charge on any atom is 0.314 e. The first kappa shape index (κ1) is 14.9. The Morgan fingerprint density at radius 1 is 1.55 bits per heavy atom. The van der Waals surface area contributed by atoms with Crippen molar-refractivity contribution in [3.05, 3.63) is 11.8 Å². The first-order valence-corrected chi connectivity index (χ1v) is 7.35. The normalized spacial score (nSPS) is 21.7. The van der Waals surface area contributed by atoms with Crippen LogP contribution >= 0.6 is 11.8 Å². The maximum absolute atomic E-state index is 11.7. The Bertz CT molecular complexity index is 497. The Balaban J connectivity index is 1.83. The van der Waals surface area contributed by atoms with E-state index < -0.39 is 11.8 Å². The molecule has 1 aliphatic heterocycles. The average Bonchev–Trinajstić information content (AvgIpc) is 3.06. The van der Waals surface area contributed by atoms with Gasteiger partial charge in [-0.15, -0.1) is 0 Å². The van der Waals surface area contributed by atoms with Crippen molar-refractivity contribution in [1.29, 1.82) is 0 Å². The lowest BCUT2D eigenvalue weighted by atomic mass is 10.0. The fraction of sp³-hybridized carbons (Fsp3) is 0.583. The summed E-state index contributed by atoms with van der Waals surface area (Å²) >= 11 is 1.77. The van der Waals surface area contributed by atoms with Gasteiger partial charge in [0.1, 0.15) is 5.76 Å². The van der Waals surface area contributed by atoms with Crippen molar-refractivity contribution in [3.63, 3.8) is 0 Å². The molecule has 0 bridgehead atoms. The Morgan fingerprint density at radius 3 is 2.90 bits per heavy atom. The summed E-state index contributed by atoms with van der Waals surface area (Å²) in [5, 5.41) is 8.55. The van der Waals surface area contributed by atoms with E-state index in [1.807, 2.05) is 0 Å². The van der Waals surface area contributed by atoms with E-state index in [2.05, 4.69) is 15.8 Å². The first-order valence-electron chi connectivity index (χ1n) is 6.20. The minimum atomic E-state index is -0.768. The van der Waals surface area contributed by atoms with Crippen LogP contribution in [-0.4, -0.2) is 47.7 Å². The Kier molecular flexibility index (Phi) is 4.66. The van der Waals surface area contributed by atoms with Crippen molar-refractivity contribution in [3.8, 4) is 0 Å². The topological polar surface area (TPSA) is 93.5 Å². The molecule has 1 fully saturated rings. The molecular formula is C12H17N3O4S. The number of amides is 2. The summed E-state index contributed by atoms with van der Waals surface area (Å²) in [5.41, 5.74) is -0.370. The predicted molar refractivity (Wildman–Crippen MR) is 74.6 cm³/mol. The van der Waals surface area contributed by atoms with Gasteiger partial charge in [0, 0.05) is 25.5 Å². The van der Waals surface area contributed by atoms with Crippen molar-refractivity contribution in [1.82, 2.24) is 10.5 Å². The molecule has 8 heteroatoms. The molecule has 0 aromatic carbocycles. The molecule has 0 unspecified atom stereocenters. The van der Waals surface area contributed by atoms with Crippen LogP contribution in [0.1, 0.15) is 12.2 Å². The van der Waals surface area contributed by atoms with Crippen LogP contribution < -0.4 is 10.6 Å². The van der Waals surface area contributed by atoms with E-state index in [4.69, 9.17) is 9.26 Å². The van der Waals surface area contributed by atoms with Crippen LogP contribution in [0.5, 0.6) is 0 Å². The number of ether oxygens (including phenoxy) is 1. The highest BCUT2D eigenvalue weighted by Crippen LogP contribution is 2.30. The lowest BCUT2D eigenvalue weighted by Crippen LogP contribution is -2.47. The number of anilines is 1. The standard InChI is InChI=1S/C12H17N3O4S/c1-8-5-9(15-19-8)14-11(17)10(16)13-6-12(18-2)3-4-20-7-12/h5H,3-4,6-7H2,1-2H3,(H,13,16)(H,14,15,17)/t12-/m1/s1. The van der Waals surface area contributed by atoms with E-state index >= 15 is 0 Å². The van der Waals surface area contributed by atoms with Crippen molar-refractivity contribution >= 4 is 29.4 Å². The van der Waals surface area contributed by atoms with Gasteiger partial charge in [-0.25, -0.2) is 0 Å². The number of aryl methyl sites for hydroxylation is 1. The summed E-state index contributed by atoms with van der Waals surface area (Å²) in [6.45, 7) is 2.02. The summed E-state index contributed by atoms with van der Waals surface area (Å²) in [5.74, 6) is 1.11. The Labute approximate surface area is 120 Å². The van der Waals surface area contributed by atoms with Gasteiger partial charge >= 0.3 is 11.8 Å². The number of methoxy groups -OCH3 is 1. The van der Waals surface area contributed by atoms with Gasteiger partial charge in [-0.1, -0.05) is 5.16 Å². The molecule has 0 saturated carbocycles. The van der Waals surface area contributed by atoms with Crippen molar-refractivity contribution < 1.29 is 18.8 Å². The zero-order valence-electron chi connectivity index (χ0n) is 11.4. The number of nitrogens with zero attached hydrogens (tertiary/aromatic N) is 1. The number of nitrogens with one attached hydrogen (secondary N) is 2. The van der Waals surface area contributed by atoms with E-state index in [-0.39, 0.29) is 11.4 Å². The van der Waals surface area contributed by atoms with E-state index in [9.17, 15) is 9.59 Å². The minimum absolute atomic E-state index is 0.223. The molecule has 1 saturated heterocycles. The van der Waals surface area contributed by atoms with E-state index in [0.717, 1.165) is 17.9 Å². The van der Waals surface area contributed by atoms with E-state index in [0.29, 0.717) is 12.3 Å². The molecule has 2 rings (SSSR count). The maximum atomic E-state index is 11.7. The SMILES string of the molecule is CO[C@@]1(CNC(=O)C(=O)Nc2cc(C)on2)CCSC1. The van der Waals surface area contributed by atoms with Crippen LogP contribution in [0.25, 0.3) is 0 Å². The van der Waals surface area contributed by atoms with Gasteiger partial charge in [-0.3, -0.25) is 14.9 Å². The predicted octanol–water partition coefficient (Wildman–Crippen LogP) is 0.560. The lowest BCUT2D eigenvalue weighted by molar-refractivity contribution is -0.136. The van der Waals surface area contributed by atoms with E-state index in [1.165, 1.54) is 6.07 Å². The molecule has 1 aromatic heterocycles. The summed E-state index contributed by atoms with van der Waals surface area (Å²) in [7, 11) is 1.62. The fourth-order valence-electron chi connectivity index (χ4n) is 1.88. The third kappa shape index (κ3) is 3.51. The van der Waals surface area contributed by atoms with E-state index in [1.54, 1.807) is 25.8 Å². The number of thioether (sulfide) groups is 1. The number of carbonyl (C=O) groups is 2. The van der Waals surface area contributed by atoms with Crippen molar-refractivity contribution in [2.75, 3.05) is 30.5 Å². The number of carbonyl (C=O) groups excluding carboxylic acids is 2. The van der Waals surface area contributed by atoms with Gasteiger partial charge in [0.15, 0.2) is 5.82 Å².